The molecule has 0 aliphatic heterocycles. The van der Waals surface area contributed by atoms with Crippen LogP contribution >= 0.6 is 22.7 Å². The van der Waals surface area contributed by atoms with Gasteiger partial charge in [-0.3, -0.25) is 0 Å². The number of rotatable bonds is 3. The number of para-hydroxylation sites is 3. The van der Waals surface area contributed by atoms with E-state index in [0.717, 1.165) is 0 Å². The summed E-state index contributed by atoms with van der Waals surface area (Å²) in [5.41, 5.74) is 9.70. The van der Waals surface area contributed by atoms with Crippen LogP contribution < -0.4 is 0 Å². The van der Waals surface area contributed by atoms with Crippen LogP contribution in [0.4, 0.5) is 0 Å². The highest BCUT2D eigenvalue weighted by atomic mass is 32.1. The van der Waals surface area contributed by atoms with Crippen LogP contribution in [0.3, 0.4) is 0 Å². The van der Waals surface area contributed by atoms with Gasteiger partial charge in [-0.1, -0.05) is 121 Å². The Morgan fingerprint density at radius 1 is 0.286 bits per heavy atom. The van der Waals surface area contributed by atoms with Gasteiger partial charge in [0.15, 0.2) is 0 Å². The van der Waals surface area contributed by atoms with Crippen molar-refractivity contribution in [3.63, 3.8) is 0 Å². The molecule has 0 unspecified atom stereocenters. The van der Waals surface area contributed by atoms with Crippen molar-refractivity contribution in [3.05, 3.63) is 182 Å². The molecule has 4 heteroatoms. The fraction of sp³-hybridized carbons (Fsp3) is 0. The molecule has 0 saturated heterocycles. The van der Waals surface area contributed by atoms with Gasteiger partial charge in [0.1, 0.15) is 0 Å². The second kappa shape index (κ2) is 11.4. The average Bonchev–Trinajstić information content (AvgIpc) is 4.02. The fourth-order valence-electron chi connectivity index (χ4n) is 9.54. The molecule has 13 rings (SSSR count). The minimum Gasteiger partial charge on any atom is -0.309 e. The smallest absolute Gasteiger partial charge is 0.0634 e. The maximum atomic E-state index is 2.52. The summed E-state index contributed by atoms with van der Waals surface area (Å²) in [5.74, 6) is 0. The highest BCUT2D eigenvalue weighted by Gasteiger charge is 2.24. The fourth-order valence-corrected chi connectivity index (χ4v) is 11.9. The molecule has 0 atom stereocenters. The molecule has 0 bridgehead atoms. The Kier molecular flexibility index (Phi) is 6.23. The number of aromatic nitrogens is 2. The van der Waals surface area contributed by atoms with Crippen molar-refractivity contribution in [2.45, 2.75) is 0 Å². The van der Waals surface area contributed by atoms with E-state index in [0.29, 0.717) is 0 Å². The first kappa shape index (κ1) is 30.6. The van der Waals surface area contributed by atoms with Crippen LogP contribution in [0.5, 0.6) is 0 Å². The molecule has 0 radical (unpaired) electrons. The molecule has 0 aliphatic rings. The molecule has 0 aliphatic carbocycles. The largest absolute Gasteiger partial charge is 0.309 e. The Morgan fingerprint density at radius 3 is 1.39 bits per heavy atom. The molecular weight excluding hydrogens is 717 g/mol. The summed E-state index contributed by atoms with van der Waals surface area (Å²) in [6.45, 7) is 0. The minimum absolute atomic E-state index is 1.17. The third kappa shape index (κ3) is 4.09. The van der Waals surface area contributed by atoms with E-state index in [1.165, 1.54) is 117 Å². The lowest BCUT2D eigenvalue weighted by Crippen LogP contribution is -1.95. The summed E-state index contributed by atoms with van der Waals surface area (Å²) in [6.07, 6.45) is 0. The maximum Gasteiger partial charge on any atom is 0.0634 e. The van der Waals surface area contributed by atoms with Gasteiger partial charge in [-0.25, -0.2) is 0 Å². The standard InChI is InChI=1S/C52H30N2S2/c1-6-16-41-35(11-1)36-12-2-7-17-42(36)53(41)33-25-21-31(22-26-33)32-23-27-34(28-24-32)54-43-18-8-3-13-37(43)50-51(54)40-29-30-46-47(38-14-4-9-19-44(38)55-46)48(40)49-39-15-5-10-20-45(39)56-52(49)50/h1-30H. The molecule has 4 heterocycles. The minimum atomic E-state index is 1.17. The van der Waals surface area contributed by atoms with Gasteiger partial charge in [0, 0.05) is 84.0 Å². The van der Waals surface area contributed by atoms with Crippen molar-refractivity contribution in [1.29, 1.82) is 0 Å². The number of hydrogen-bond acceptors (Lipinski definition) is 2. The van der Waals surface area contributed by atoms with E-state index in [1.807, 2.05) is 22.7 Å². The van der Waals surface area contributed by atoms with Crippen LogP contribution in [-0.2, 0) is 0 Å². The molecule has 4 aromatic heterocycles. The zero-order valence-electron chi connectivity index (χ0n) is 30.0. The number of nitrogens with zero attached hydrogens (tertiary/aromatic N) is 2. The van der Waals surface area contributed by atoms with Crippen LogP contribution in [-0.4, -0.2) is 9.13 Å². The molecule has 0 N–H and O–H groups in total. The second-order valence-corrected chi connectivity index (χ2v) is 16.9. The van der Waals surface area contributed by atoms with E-state index in [2.05, 4.69) is 191 Å². The monoisotopic (exact) mass is 746 g/mol. The van der Waals surface area contributed by atoms with E-state index in [-0.39, 0.29) is 0 Å². The van der Waals surface area contributed by atoms with E-state index < -0.39 is 0 Å². The Hall–Kier alpha value is -6.72. The molecule has 9 aromatic carbocycles. The Morgan fingerprint density at radius 2 is 0.768 bits per heavy atom. The lowest BCUT2D eigenvalue weighted by Gasteiger charge is -2.13. The predicted molar refractivity (Wildman–Crippen MR) is 244 cm³/mol. The van der Waals surface area contributed by atoms with Crippen LogP contribution in [0, 0.1) is 0 Å². The lowest BCUT2D eigenvalue weighted by molar-refractivity contribution is 1.18. The Bertz CT molecular complexity index is 3690. The molecule has 0 amide bonds. The SMILES string of the molecule is c1ccc2c(c1)sc1ccc3c(c12)c1c2ccccc2sc1c1c2ccccc2n(-c2ccc(-c4ccc(-n5c6ccccc6c6ccccc65)cc4)cc2)c31. The number of thiophene rings is 2. The van der Waals surface area contributed by atoms with Crippen LogP contribution in [0.1, 0.15) is 0 Å². The zero-order valence-corrected chi connectivity index (χ0v) is 31.7. The summed E-state index contributed by atoms with van der Waals surface area (Å²) in [5, 5.41) is 13.3. The summed E-state index contributed by atoms with van der Waals surface area (Å²) < 4.78 is 10.3. The molecule has 0 fully saturated rings. The van der Waals surface area contributed by atoms with E-state index in [4.69, 9.17) is 0 Å². The number of benzene rings is 9. The first-order chi connectivity index (χ1) is 27.8. The molecule has 0 saturated carbocycles. The lowest BCUT2D eigenvalue weighted by atomic mass is 9.96. The summed E-state index contributed by atoms with van der Waals surface area (Å²) in [7, 11) is 0. The van der Waals surface area contributed by atoms with E-state index >= 15 is 0 Å². The van der Waals surface area contributed by atoms with Crippen molar-refractivity contribution in [1.82, 2.24) is 9.13 Å². The van der Waals surface area contributed by atoms with Crippen molar-refractivity contribution in [2.75, 3.05) is 0 Å². The highest BCUT2D eigenvalue weighted by molar-refractivity contribution is 7.27. The molecular formula is C52H30N2S2. The molecule has 0 spiro atoms. The Balaban J connectivity index is 1.03. The van der Waals surface area contributed by atoms with Crippen LogP contribution in [0.25, 0.3) is 117 Å². The average molecular weight is 747 g/mol. The molecule has 13 aromatic rings. The van der Waals surface area contributed by atoms with E-state index in [9.17, 15) is 0 Å². The zero-order chi connectivity index (χ0) is 36.5. The number of hydrogen-bond donors (Lipinski definition) is 0. The van der Waals surface area contributed by atoms with Gasteiger partial charge in [0.2, 0.25) is 0 Å². The summed E-state index contributed by atoms with van der Waals surface area (Å²) in [6, 6.07) is 67.2. The summed E-state index contributed by atoms with van der Waals surface area (Å²) >= 11 is 3.83. The van der Waals surface area contributed by atoms with Gasteiger partial charge in [-0.15, -0.1) is 22.7 Å². The van der Waals surface area contributed by atoms with Gasteiger partial charge in [0.05, 0.1) is 22.1 Å². The van der Waals surface area contributed by atoms with Crippen LogP contribution in [0.2, 0.25) is 0 Å². The van der Waals surface area contributed by atoms with Gasteiger partial charge < -0.3 is 9.13 Å². The maximum absolute atomic E-state index is 2.52. The van der Waals surface area contributed by atoms with Crippen LogP contribution in [0.15, 0.2) is 182 Å². The van der Waals surface area contributed by atoms with Crippen molar-refractivity contribution in [2.24, 2.45) is 0 Å². The number of fused-ring (bicyclic) bond motifs is 17. The first-order valence-electron chi connectivity index (χ1n) is 19.1. The second-order valence-electron chi connectivity index (χ2n) is 14.8. The highest BCUT2D eigenvalue weighted by Crippen LogP contribution is 2.51. The topological polar surface area (TPSA) is 9.86 Å². The molecule has 2 nitrogen and oxygen atoms in total. The van der Waals surface area contributed by atoms with Crippen molar-refractivity contribution in [3.8, 4) is 22.5 Å². The van der Waals surface area contributed by atoms with Gasteiger partial charge in [0.25, 0.3) is 0 Å². The van der Waals surface area contributed by atoms with Crippen molar-refractivity contribution < 1.29 is 0 Å². The predicted octanol–water partition coefficient (Wildman–Crippen LogP) is 15.4. The molecule has 56 heavy (non-hydrogen) atoms. The molecule has 260 valence electrons. The normalized spacial score (nSPS) is 12.3. The van der Waals surface area contributed by atoms with Crippen molar-refractivity contribution >= 4 is 117 Å². The van der Waals surface area contributed by atoms with E-state index in [1.54, 1.807) is 0 Å². The summed E-state index contributed by atoms with van der Waals surface area (Å²) in [4.78, 5) is 0. The quantitative estimate of drug-likeness (QED) is 0.170. The third-order valence-electron chi connectivity index (χ3n) is 11.9. The van der Waals surface area contributed by atoms with Gasteiger partial charge in [-0.05, 0) is 71.8 Å². The van der Waals surface area contributed by atoms with Gasteiger partial charge >= 0.3 is 0 Å². The third-order valence-corrected chi connectivity index (χ3v) is 14.2. The van der Waals surface area contributed by atoms with Gasteiger partial charge in [-0.2, -0.15) is 0 Å². The first-order valence-corrected chi connectivity index (χ1v) is 20.7. The Labute approximate surface area is 329 Å².